The third kappa shape index (κ3) is 4.73. The molecule has 0 bridgehead atoms. The highest BCUT2D eigenvalue weighted by Gasteiger charge is 2.33. The molecule has 0 spiro atoms. The fourth-order valence-electron chi connectivity index (χ4n) is 5.08. The molecule has 0 unspecified atom stereocenters. The van der Waals surface area contributed by atoms with Crippen LogP contribution in [0.1, 0.15) is 38.7 Å². The van der Waals surface area contributed by atoms with E-state index in [-0.39, 0.29) is 10.3 Å². The lowest BCUT2D eigenvalue weighted by Crippen LogP contribution is -2.48. The minimum Gasteiger partial charge on any atom is -0.350 e. The van der Waals surface area contributed by atoms with Crippen LogP contribution in [-0.4, -0.2) is 37.0 Å². The first-order valence-electron chi connectivity index (χ1n) is 12.4. The number of thioether (sulfide) groups is 1. The van der Waals surface area contributed by atoms with Gasteiger partial charge >= 0.3 is 6.03 Å². The smallest absolute Gasteiger partial charge is 0.329 e. The van der Waals surface area contributed by atoms with Gasteiger partial charge in [-0.2, -0.15) is 5.26 Å². The van der Waals surface area contributed by atoms with Gasteiger partial charge in [0.1, 0.15) is 4.24 Å². The van der Waals surface area contributed by atoms with E-state index >= 15 is 0 Å². The minimum absolute atomic E-state index is 0.130. The Morgan fingerprint density at radius 1 is 1.00 bits per heavy atom. The van der Waals surface area contributed by atoms with Crippen LogP contribution in [0.4, 0.5) is 10.5 Å². The summed E-state index contributed by atoms with van der Waals surface area (Å²) in [7, 11) is -1.94. The number of sulfonamides is 1. The number of primary sulfonamides is 1. The molecule has 1 aromatic heterocycles. The van der Waals surface area contributed by atoms with Gasteiger partial charge in [-0.1, -0.05) is 23.9 Å². The molecular formula is C28H29N5O3S2. The zero-order valence-corrected chi connectivity index (χ0v) is 23.2. The third-order valence-corrected chi connectivity index (χ3v) is 10.2. The van der Waals surface area contributed by atoms with Crippen LogP contribution in [0.3, 0.4) is 0 Å². The van der Waals surface area contributed by atoms with Crippen LogP contribution >= 0.6 is 11.8 Å². The summed E-state index contributed by atoms with van der Waals surface area (Å²) >= 11 is 1.09. The zero-order valence-electron chi connectivity index (χ0n) is 21.6. The molecule has 2 N–H and O–H groups in total. The van der Waals surface area contributed by atoms with E-state index in [4.69, 9.17) is 5.14 Å². The van der Waals surface area contributed by atoms with Gasteiger partial charge in [-0.15, -0.1) is 0 Å². The lowest BCUT2D eigenvalue weighted by Gasteiger charge is -2.37. The number of anilines is 1. The van der Waals surface area contributed by atoms with Crippen molar-refractivity contribution in [3.63, 3.8) is 0 Å². The van der Waals surface area contributed by atoms with E-state index in [9.17, 15) is 18.5 Å². The maximum absolute atomic E-state index is 13.7. The maximum Gasteiger partial charge on any atom is 0.329 e. The third-order valence-electron chi connectivity index (χ3n) is 7.13. The summed E-state index contributed by atoms with van der Waals surface area (Å²) in [6.45, 7) is 4.80. The van der Waals surface area contributed by atoms with Crippen molar-refractivity contribution in [2.75, 3.05) is 18.0 Å². The number of allylic oxidation sites excluding steroid dienone is 2. The lowest BCUT2D eigenvalue weighted by atomic mass is 9.99. The number of hydrogen-bond acceptors (Lipinski definition) is 5. The van der Waals surface area contributed by atoms with Crippen molar-refractivity contribution in [1.82, 2.24) is 9.47 Å². The zero-order chi connectivity index (χ0) is 27.2. The Balaban J connectivity index is 1.45. The lowest BCUT2D eigenvalue weighted by molar-refractivity contribution is 0.212. The number of benzene rings is 2. The molecule has 0 aliphatic carbocycles. The number of aromatic nitrogens is 1. The summed E-state index contributed by atoms with van der Waals surface area (Å²) in [6.07, 6.45) is 3.97. The Labute approximate surface area is 227 Å². The molecule has 8 nitrogen and oxygen atoms in total. The average molecular weight is 548 g/mol. The molecule has 5 rings (SSSR count). The molecule has 10 heteroatoms. The highest BCUT2D eigenvalue weighted by molar-refractivity contribution is 8.20. The van der Waals surface area contributed by atoms with E-state index < -0.39 is 10.0 Å². The molecule has 1 fully saturated rings. The van der Waals surface area contributed by atoms with E-state index in [2.05, 4.69) is 6.07 Å². The number of fused-ring (bicyclic) bond motifs is 1. The fraction of sp³-hybridized carbons (Fsp3) is 0.286. The summed E-state index contributed by atoms with van der Waals surface area (Å²) in [5, 5.41) is 16.7. The Hall–Kier alpha value is -3.52. The molecule has 2 amide bonds. The molecule has 2 aromatic carbocycles. The number of nitrogens with two attached hydrogens (primary N) is 1. The van der Waals surface area contributed by atoms with Gasteiger partial charge in [0.2, 0.25) is 10.0 Å². The van der Waals surface area contributed by atoms with Crippen molar-refractivity contribution in [3.8, 4) is 17.2 Å². The maximum atomic E-state index is 13.7. The van der Waals surface area contributed by atoms with Crippen LogP contribution in [0.5, 0.6) is 0 Å². The Bertz CT molecular complexity index is 1660. The highest BCUT2D eigenvalue weighted by Crippen LogP contribution is 2.42. The van der Waals surface area contributed by atoms with Gasteiger partial charge < -0.3 is 4.57 Å². The summed E-state index contributed by atoms with van der Waals surface area (Å²) in [5.74, 6) is 0. The van der Waals surface area contributed by atoms with Crippen molar-refractivity contribution >= 4 is 44.4 Å². The van der Waals surface area contributed by atoms with Crippen LogP contribution in [0.25, 0.3) is 22.0 Å². The first-order valence-corrected chi connectivity index (χ1v) is 14.7. The van der Waals surface area contributed by atoms with E-state index in [1.54, 1.807) is 16.7 Å². The predicted octanol–water partition coefficient (Wildman–Crippen LogP) is 5.63. The van der Waals surface area contributed by atoms with Gasteiger partial charge in [-0.3, -0.25) is 9.80 Å². The second kappa shape index (κ2) is 9.98. The fourth-order valence-corrected chi connectivity index (χ4v) is 7.38. The van der Waals surface area contributed by atoms with Gasteiger partial charge in [0.25, 0.3) is 0 Å². The monoisotopic (exact) mass is 547 g/mol. The number of aryl methyl sites for hydroxylation is 1. The molecule has 0 radical (unpaired) electrons. The van der Waals surface area contributed by atoms with Crippen LogP contribution in [-0.2, 0) is 17.1 Å². The van der Waals surface area contributed by atoms with Crippen molar-refractivity contribution in [2.45, 2.75) is 33.1 Å². The second-order valence-electron chi connectivity index (χ2n) is 9.78. The van der Waals surface area contributed by atoms with Crippen molar-refractivity contribution in [2.24, 2.45) is 12.2 Å². The van der Waals surface area contributed by atoms with Crippen LogP contribution < -0.4 is 10.0 Å². The van der Waals surface area contributed by atoms with Crippen LogP contribution in [0, 0.1) is 11.3 Å². The number of hydrogen-bond donors (Lipinski definition) is 1. The topological polar surface area (TPSA) is 112 Å². The second-order valence-corrected chi connectivity index (χ2v) is 12.5. The van der Waals surface area contributed by atoms with Gasteiger partial charge in [0.05, 0.1) is 16.7 Å². The number of carbonyl (C=O) groups is 1. The Kier molecular flexibility index (Phi) is 6.86. The quantitative estimate of drug-likeness (QED) is 0.455. The summed E-state index contributed by atoms with van der Waals surface area (Å²) in [6, 6.07) is 15.7. The van der Waals surface area contributed by atoms with Gasteiger partial charge in [-0.05, 0) is 85.7 Å². The molecule has 0 atom stereocenters. The van der Waals surface area contributed by atoms with E-state index in [0.29, 0.717) is 36.5 Å². The van der Waals surface area contributed by atoms with Gasteiger partial charge in [0.15, 0.2) is 0 Å². The molecular weight excluding hydrogens is 518 g/mol. The molecule has 38 heavy (non-hydrogen) atoms. The highest BCUT2D eigenvalue weighted by atomic mass is 32.3. The normalized spacial score (nSPS) is 17.3. The number of nitriles is 1. The number of amides is 2. The molecule has 3 heterocycles. The van der Waals surface area contributed by atoms with E-state index in [0.717, 1.165) is 57.0 Å². The first kappa shape index (κ1) is 26.1. The Morgan fingerprint density at radius 2 is 1.68 bits per heavy atom. The van der Waals surface area contributed by atoms with Crippen molar-refractivity contribution in [3.05, 3.63) is 74.6 Å². The number of nitrogens with zero attached hydrogens (tertiary/aromatic N) is 4. The summed E-state index contributed by atoms with van der Waals surface area (Å²) in [4.78, 5) is 17.1. The SMILES string of the molecule is CC1=C(N2CCCN(c3ccc(-c4cc(C#N)cc5c4ccn5C)cc3)C2=O)SC(S(N)(=O)=O)=C(C)CC1. The first-order chi connectivity index (χ1) is 18.1. The van der Waals surface area contributed by atoms with Crippen molar-refractivity contribution in [1.29, 1.82) is 5.26 Å². The largest absolute Gasteiger partial charge is 0.350 e. The minimum atomic E-state index is -3.89. The summed E-state index contributed by atoms with van der Waals surface area (Å²) < 4.78 is 26.7. The molecule has 196 valence electrons. The molecule has 3 aromatic rings. The number of rotatable bonds is 4. The summed E-state index contributed by atoms with van der Waals surface area (Å²) in [5.41, 5.74) is 5.95. The van der Waals surface area contributed by atoms with E-state index in [1.165, 1.54) is 0 Å². The standard InChI is InChI=1S/C28H29N5O3S2/c1-18-5-6-19(2)27(38(30,35)36)37-26(18)33-13-4-12-32(28(33)34)22-9-7-21(8-10-22)24-15-20(17-29)16-25-23(24)11-14-31(25)3/h7-11,14-16H,4-6,12-13H2,1-3H3,(H2,30,35,36). The molecule has 2 aliphatic rings. The number of urea groups is 1. The molecule has 1 saturated heterocycles. The van der Waals surface area contributed by atoms with Gasteiger partial charge in [-0.25, -0.2) is 18.4 Å². The average Bonchev–Trinajstić information content (AvgIpc) is 3.19. The Morgan fingerprint density at radius 3 is 2.37 bits per heavy atom. The number of carbonyl (C=O) groups excluding carboxylic acids is 1. The van der Waals surface area contributed by atoms with E-state index in [1.807, 2.05) is 67.2 Å². The van der Waals surface area contributed by atoms with Crippen molar-refractivity contribution < 1.29 is 13.2 Å². The molecule has 0 saturated carbocycles. The van der Waals surface area contributed by atoms with Crippen LogP contribution in [0.2, 0.25) is 0 Å². The predicted molar refractivity (Wildman–Crippen MR) is 152 cm³/mol. The molecule has 2 aliphatic heterocycles. The van der Waals surface area contributed by atoms with Gasteiger partial charge in [0, 0.05) is 42.9 Å². The van der Waals surface area contributed by atoms with Crippen LogP contribution in [0.15, 0.2) is 69.1 Å².